The highest BCUT2D eigenvalue weighted by Gasteiger charge is 2.49. The molecule has 0 aromatic carbocycles. The van der Waals surface area contributed by atoms with Crippen LogP contribution >= 0.6 is 0 Å². The van der Waals surface area contributed by atoms with E-state index in [9.17, 15) is 23.2 Å². The van der Waals surface area contributed by atoms with Gasteiger partial charge in [0.15, 0.2) is 0 Å². The molecule has 1 saturated heterocycles. The number of amides is 3. The molecule has 9 heteroatoms. The van der Waals surface area contributed by atoms with Gasteiger partial charge in [0.2, 0.25) is 11.8 Å². The van der Waals surface area contributed by atoms with Crippen molar-refractivity contribution in [2.45, 2.75) is 44.7 Å². The van der Waals surface area contributed by atoms with Crippen molar-refractivity contribution in [3.63, 3.8) is 0 Å². The van der Waals surface area contributed by atoms with Crippen molar-refractivity contribution in [3.8, 4) is 0 Å². The van der Waals surface area contributed by atoms with E-state index in [0.29, 0.717) is 4.90 Å². The Balaban J connectivity index is 2.91. The number of carbonyl (C=O) groups is 3. The van der Waals surface area contributed by atoms with Gasteiger partial charge in [-0.3, -0.25) is 14.5 Å². The molecule has 1 fully saturated rings. The van der Waals surface area contributed by atoms with Crippen LogP contribution in [0.5, 0.6) is 0 Å². The fourth-order valence-electron chi connectivity index (χ4n) is 2.15. The Bertz CT molecular complexity index is 462. The van der Waals surface area contributed by atoms with E-state index in [4.69, 9.17) is 10.8 Å². The maximum atomic E-state index is 13.4. The highest BCUT2D eigenvalue weighted by molar-refractivity contribution is 5.89. The van der Waals surface area contributed by atoms with Crippen molar-refractivity contribution in [1.82, 2.24) is 9.80 Å². The van der Waals surface area contributed by atoms with Crippen molar-refractivity contribution in [1.29, 1.82) is 0 Å². The van der Waals surface area contributed by atoms with Gasteiger partial charge in [-0.2, -0.15) is 0 Å². The van der Waals surface area contributed by atoms with E-state index < -0.39 is 54.9 Å². The van der Waals surface area contributed by atoms with Gasteiger partial charge >= 0.3 is 6.09 Å². The Labute approximate surface area is 120 Å². The molecule has 3 amide bonds. The number of halogens is 2. The largest absolute Gasteiger partial charge is 0.465 e. The SMILES string of the molecule is CC(C)(C)N(CC(=O)N1CC(F)(F)CC1C(N)=O)C(=O)O. The van der Waals surface area contributed by atoms with Gasteiger partial charge < -0.3 is 15.7 Å². The second-order valence-electron chi connectivity index (χ2n) is 6.04. The first-order valence-corrected chi connectivity index (χ1v) is 6.32. The lowest BCUT2D eigenvalue weighted by atomic mass is 10.1. The quantitative estimate of drug-likeness (QED) is 0.791. The van der Waals surface area contributed by atoms with Crippen LogP contribution in [0.25, 0.3) is 0 Å². The Morgan fingerprint density at radius 1 is 1.38 bits per heavy atom. The van der Waals surface area contributed by atoms with Gasteiger partial charge in [0.05, 0.1) is 6.54 Å². The van der Waals surface area contributed by atoms with Crippen LogP contribution in [-0.4, -0.2) is 63.4 Å². The number of carboxylic acid groups (broad SMARTS) is 1. The fraction of sp³-hybridized carbons (Fsp3) is 0.750. The normalized spacial score (nSPS) is 21.2. The number of primary amides is 1. The van der Waals surface area contributed by atoms with Crippen molar-refractivity contribution in [2.75, 3.05) is 13.1 Å². The van der Waals surface area contributed by atoms with E-state index in [-0.39, 0.29) is 0 Å². The second-order valence-corrected chi connectivity index (χ2v) is 6.04. The number of nitrogens with zero attached hydrogens (tertiary/aromatic N) is 2. The van der Waals surface area contributed by atoms with Crippen LogP contribution in [-0.2, 0) is 9.59 Å². The molecule has 0 bridgehead atoms. The molecule has 0 spiro atoms. The predicted octanol–water partition coefficient (Wildman–Crippen LogP) is 0.486. The first-order chi connectivity index (χ1) is 9.35. The van der Waals surface area contributed by atoms with Gasteiger partial charge in [-0.05, 0) is 20.8 Å². The molecular weight excluding hydrogens is 288 g/mol. The predicted molar refractivity (Wildman–Crippen MR) is 68.7 cm³/mol. The van der Waals surface area contributed by atoms with Crippen LogP contribution in [0.15, 0.2) is 0 Å². The molecule has 1 unspecified atom stereocenters. The summed E-state index contributed by atoms with van der Waals surface area (Å²) in [5, 5.41) is 9.09. The molecule has 3 N–H and O–H groups in total. The molecule has 1 aliphatic heterocycles. The van der Waals surface area contributed by atoms with E-state index in [1.807, 2.05) is 0 Å². The van der Waals surface area contributed by atoms with Gasteiger partial charge in [0, 0.05) is 12.0 Å². The minimum atomic E-state index is -3.20. The number of hydrogen-bond acceptors (Lipinski definition) is 3. The van der Waals surface area contributed by atoms with E-state index in [0.717, 1.165) is 4.90 Å². The Morgan fingerprint density at radius 2 is 1.90 bits per heavy atom. The lowest BCUT2D eigenvalue weighted by molar-refractivity contribution is -0.139. The van der Waals surface area contributed by atoms with Crippen LogP contribution in [0.4, 0.5) is 13.6 Å². The number of carbonyl (C=O) groups excluding carboxylic acids is 2. The van der Waals surface area contributed by atoms with Crippen molar-refractivity contribution in [2.24, 2.45) is 5.73 Å². The molecule has 0 aromatic heterocycles. The summed E-state index contributed by atoms with van der Waals surface area (Å²) in [4.78, 5) is 35.9. The van der Waals surface area contributed by atoms with Crippen LogP contribution < -0.4 is 5.73 Å². The lowest BCUT2D eigenvalue weighted by Gasteiger charge is -2.34. The average molecular weight is 307 g/mol. The summed E-state index contributed by atoms with van der Waals surface area (Å²) in [5.74, 6) is -5.10. The molecule has 1 rings (SSSR count). The molecular formula is C12H19F2N3O4. The molecule has 7 nitrogen and oxygen atoms in total. The zero-order valence-electron chi connectivity index (χ0n) is 12.1. The topological polar surface area (TPSA) is 104 Å². The molecule has 0 aromatic rings. The van der Waals surface area contributed by atoms with Gasteiger partial charge in [0.25, 0.3) is 5.92 Å². The molecule has 1 atom stereocenters. The number of nitrogens with two attached hydrogens (primary N) is 1. The van der Waals surface area contributed by atoms with Gasteiger partial charge in [-0.25, -0.2) is 13.6 Å². The minimum absolute atomic E-state index is 0.612. The van der Waals surface area contributed by atoms with Gasteiger partial charge in [-0.1, -0.05) is 0 Å². The molecule has 0 saturated carbocycles. The molecule has 0 radical (unpaired) electrons. The minimum Gasteiger partial charge on any atom is -0.465 e. The highest BCUT2D eigenvalue weighted by Crippen LogP contribution is 2.32. The summed E-state index contributed by atoms with van der Waals surface area (Å²) in [6, 6.07) is -1.41. The first-order valence-electron chi connectivity index (χ1n) is 6.32. The first kappa shape index (κ1) is 17.1. The number of hydrogen-bond donors (Lipinski definition) is 2. The van der Waals surface area contributed by atoms with E-state index in [1.165, 1.54) is 0 Å². The smallest absolute Gasteiger partial charge is 0.408 e. The Morgan fingerprint density at radius 3 is 2.29 bits per heavy atom. The zero-order chi connectivity index (χ0) is 16.6. The fourth-order valence-corrected chi connectivity index (χ4v) is 2.15. The van der Waals surface area contributed by atoms with E-state index in [2.05, 4.69) is 0 Å². The molecule has 0 aliphatic carbocycles. The monoisotopic (exact) mass is 307 g/mol. The Kier molecular flexibility index (Phi) is 4.45. The standard InChI is InChI=1S/C12H19F2N3O4/c1-11(2,3)17(10(20)21)5-8(18)16-6-12(13,14)4-7(16)9(15)19/h7H,4-6H2,1-3H3,(H2,15,19)(H,20,21). The summed E-state index contributed by atoms with van der Waals surface area (Å²) >= 11 is 0. The number of rotatable bonds is 3. The van der Waals surface area contributed by atoms with Gasteiger partial charge in [-0.15, -0.1) is 0 Å². The van der Waals surface area contributed by atoms with E-state index >= 15 is 0 Å². The van der Waals surface area contributed by atoms with Crippen molar-refractivity contribution < 1.29 is 28.3 Å². The molecule has 21 heavy (non-hydrogen) atoms. The Hall–Kier alpha value is -1.93. The number of likely N-dealkylation sites (tertiary alicyclic amines) is 1. The molecule has 120 valence electrons. The zero-order valence-corrected chi connectivity index (χ0v) is 12.1. The van der Waals surface area contributed by atoms with E-state index in [1.54, 1.807) is 20.8 Å². The lowest BCUT2D eigenvalue weighted by Crippen LogP contribution is -2.53. The van der Waals surface area contributed by atoms with Crippen LogP contribution in [0, 0.1) is 0 Å². The van der Waals surface area contributed by atoms with Gasteiger partial charge in [0.1, 0.15) is 12.6 Å². The molecule has 1 aliphatic rings. The maximum Gasteiger partial charge on any atom is 0.408 e. The summed E-state index contributed by atoms with van der Waals surface area (Å²) < 4.78 is 26.7. The third kappa shape index (κ3) is 4.02. The third-order valence-electron chi connectivity index (χ3n) is 3.25. The number of alkyl halides is 2. The second kappa shape index (κ2) is 5.45. The summed E-state index contributed by atoms with van der Waals surface area (Å²) in [6.45, 7) is 3.16. The average Bonchev–Trinajstić information content (AvgIpc) is 2.60. The molecule has 1 heterocycles. The highest BCUT2D eigenvalue weighted by atomic mass is 19.3. The third-order valence-corrected chi connectivity index (χ3v) is 3.25. The summed E-state index contributed by atoms with van der Waals surface area (Å²) in [6.07, 6.45) is -2.19. The van der Waals surface area contributed by atoms with Crippen molar-refractivity contribution >= 4 is 17.9 Å². The van der Waals surface area contributed by atoms with Crippen LogP contribution in [0.3, 0.4) is 0 Å². The van der Waals surface area contributed by atoms with Crippen LogP contribution in [0.1, 0.15) is 27.2 Å². The van der Waals surface area contributed by atoms with Crippen LogP contribution in [0.2, 0.25) is 0 Å². The summed E-state index contributed by atoms with van der Waals surface area (Å²) in [5.41, 5.74) is 4.14. The van der Waals surface area contributed by atoms with Crippen molar-refractivity contribution in [3.05, 3.63) is 0 Å². The summed E-state index contributed by atoms with van der Waals surface area (Å²) in [7, 11) is 0. The maximum absolute atomic E-state index is 13.4.